The molecule has 11 nitrogen and oxygen atoms in total. The molecule has 2 saturated heterocycles. The van der Waals surface area contributed by atoms with Gasteiger partial charge in [-0.1, -0.05) is 12.1 Å². The maximum atomic E-state index is 13.3. The number of imidazole rings is 1. The fourth-order valence-corrected chi connectivity index (χ4v) is 5.27. The molecule has 11 heteroatoms. The molecule has 0 aliphatic carbocycles. The molecule has 3 aromatic rings. The van der Waals surface area contributed by atoms with Crippen molar-refractivity contribution >= 4 is 22.8 Å². The number of aryl methyl sites for hydroxylation is 1. The van der Waals surface area contributed by atoms with Crippen molar-refractivity contribution in [3.8, 4) is 0 Å². The van der Waals surface area contributed by atoms with Gasteiger partial charge in [-0.3, -0.25) is 24.0 Å². The van der Waals surface area contributed by atoms with E-state index in [0.29, 0.717) is 58.8 Å². The van der Waals surface area contributed by atoms with E-state index in [-0.39, 0.29) is 35.7 Å². The van der Waals surface area contributed by atoms with E-state index < -0.39 is 0 Å². The molecule has 202 valence electrons. The highest BCUT2D eigenvalue weighted by atomic mass is 16.5. The Kier molecular flexibility index (Phi) is 8.14. The number of hydrogen-bond acceptors (Lipinski definition) is 7. The van der Waals surface area contributed by atoms with Crippen LogP contribution in [0.3, 0.4) is 0 Å². The van der Waals surface area contributed by atoms with E-state index >= 15 is 0 Å². The average molecular weight is 522 g/mol. The number of morpholine rings is 1. The maximum Gasteiger partial charge on any atom is 0.326 e. The second kappa shape index (κ2) is 11.9. The summed E-state index contributed by atoms with van der Waals surface area (Å²) in [5, 5.41) is 0. The van der Waals surface area contributed by atoms with E-state index in [1.54, 1.807) is 11.1 Å². The Morgan fingerprint density at radius 2 is 1.82 bits per heavy atom. The highest BCUT2D eigenvalue weighted by Crippen LogP contribution is 2.25. The Bertz CT molecular complexity index is 1300. The summed E-state index contributed by atoms with van der Waals surface area (Å²) in [7, 11) is 0. The van der Waals surface area contributed by atoms with Gasteiger partial charge in [-0.25, -0.2) is 9.78 Å². The molecule has 1 N–H and O–H groups in total. The van der Waals surface area contributed by atoms with Crippen LogP contribution in [0.15, 0.2) is 41.5 Å². The number of amides is 2. The molecule has 0 spiro atoms. The van der Waals surface area contributed by atoms with E-state index in [2.05, 4.69) is 19.9 Å². The Balaban J connectivity index is 1.19. The van der Waals surface area contributed by atoms with Crippen molar-refractivity contribution in [2.75, 3.05) is 59.0 Å². The Labute approximate surface area is 221 Å². The molecule has 0 bridgehead atoms. The highest BCUT2D eigenvalue weighted by molar-refractivity contribution is 5.92. The quantitative estimate of drug-likeness (QED) is 0.477. The maximum absolute atomic E-state index is 13.3. The summed E-state index contributed by atoms with van der Waals surface area (Å²) in [6.07, 6.45) is 4.75. The number of rotatable bonds is 8. The summed E-state index contributed by atoms with van der Waals surface area (Å²) in [5.41, 5.74) is 2.65. The van der Waals surface area contributed by atoms with Crippen molar-refractivity contribution in [1.82, 2.24) is 34.2 Å². The minimum atomic E-state index is -0.212. The molecule has 2 aliphatic rings. The largest absolute Gasteiger partial charge is 0.379 e. The van der Waals surface area contributed by atoms with Crippen LogP contribution in [0.25, 0.3) is 11.0 Å². The number of carbonyl (C=O) groups is 2. The van der Waals surface area contributed by atoms with E-state index in [4.69, 9.17) is 4.74 Å². The van der Waals surface area contributed by atoms with E-state index in [9.17, 15) is 14.4 Å². The van der Waals surface area contributed by atoms with Crippen LogP contribution in [0.4, 0.5) is 0 Å². The van der Waals surface area contributed by atoms with Gasteiger partial charge >= 0.3 is 5.69 Å². The van der Waals surface area contributed by atoms with Crippen molar-refractivity contribution in [3.63, 3.8) is 0 Å². The molecule has 4 heterocycles. The molecule has 0 atom stereocenters. The number of carbonyl (C=O) groups excluding carboxylic acids is 2. The smallest absolute Gasteiger partial charge is 0.326 e. The molecule has 0 saturated carbocycles. The van der Waals surface area contributed by atoms with Crippen LogP contribution in [-0.2, 0) is 9.53 Å². The predicted octanol–water partition coefficient (Wildman–Crippen LogP) is 1.46. The molecule has 2 aliphatic heterocycles. The van der Waals surface area contributed by atoms with Crippen LogP contribution in [0.2, 0.25) is 0 Å². The number of fused-ring (bicyclic) bond motifs is 1. The fraction of sp³-hybridized carbons (Fsp3) is 0.519. The van der Waals surface area contributed by atoms with Crippen molar-refractivity contribution in [2.45, 2.75) is 32.2 Å². The molecule has 2 amide bonds. The zero-order valence-electron chi connectivity index (χ0n) is 21.8. The van der Waals surface area contributed by atoms with Crippen LogP contribution in [0, 0.1) is 6.92 Å². The van der Waals surface area contributed by atoms with Gasteiger partial charge in [0.15, 0.2) is 0 Å². The van der Waals surface area contributed by atoms with Crippen LogP contribution < -0.4 is 5.69 Å². The number of para-hydroxylation sites is 2. The van der Waals surface area contributed by atoms with Gasteiger partial charge in [0.2, 0.25) is 5.91 Å². The number of piperidine rings is 1. The van der Waals surface area contributed by atoms with Crippen molar-refractivity contribution < 1.29 is 14.3 Å². The number of nitrogens with one attached hydrogen (secondary N) is 1. The molecule has 2 fully saturated rings. The third-order valence-electron chi connectivity index (χ3n) is 7.48. The Hall–Kier alpha value is -3.57. The first-order chi connectivity index (χ1) is 18.5. The van der Waals surface area contributed by atoms with Gasteiger partial charge in [0.25, 0.3) is 5.91 Å². The standard InChI is InChI=1S/C27H35N7O4/c1-20-18-29-23(19-28-20)26(36)33(13-12-31-14-16-38-17-15-31)11-8-25(35)32-9-6-21(7-10-32)34-24-5-3-2-4-22(24)30-27(34)37/h2-5,18-19,21H,6-17H2,1H3,(H,30,37). The second-order valence-corrected chi connectivity index (χ2v) is 9.97. The number of ether oxygens (including phenoxy) is 1. The molecule has 5 rings (SSSR count). The predicted molar refractivity (Wildman–Crippen MR) is 142 cm³/mol. The van der Waals surface area contributed by atoms with Gasteiger partial charge in [0.05, 0.1) is 36.1 Å². The summed E-state index contributed by atoms with van der Waals surface area (Å²) < 4.78 is 7.25. The van der Waals surface area contributed by atoms with Crippen LogP contribution in [0.5, 0.6) is 0 Å². The van der Waals surface area contributed by atoms with Gasteiger partial charge in [0.1, 0.15) is 5.69 Å². The van der Waals surface area contributed by atoms with Gasteiger partial charge in [0, 0.05) is 64.5 Å². The monoisotopic (exact) mass is 521 g/mol. The lowest BCUT2D eigenvalue weighted by Gasteiger charge is -2.33. The number of aromatic nitrogens is 4. The molecule has 0 radical (unpaired) electrons. The first-order valence-corrected chi connectivity index (χ1v) is 13.3. The number of aromatic amines is 1. The van der Waals surface area contributed by atoms with Crippen molar-refractivity contribution in [1.29, 1.82) is 0 Å². The minimum absolute atomic E-state index is 0.0221. The summed E-state index contributed by atoms with van der Waals surface area (Å²) in [6.45, 7) is 7.59. The van der Waals surface area contributed by atoms with Crippen molar-refractivity contribution in [3.05, 3.63) is 58.5 Å². The number of hydrogen-bond donors (Lipinski definition) is 1. The highest BCUT2D eigenvalue weighted by Gasteiger charge is 2.27. The average Bonchev–Trinajstić information content (AvgIpc) is 3.29. The van der Waals surface area contributed by atoms with Gasteiger partial charge in [-0.15, -0.1) is 0 Å². The summed E-state index contributed by atoms with van der Waals surface area (Å²) >= 11 is 0. The topological polar surface area (TPSA) is 117 Å². The number of benzene rings is 1. The zero-order chi connectivity index (χ0) is 26.5. The van der Waals surface area contributed by atoms with Crippen LogP contribution in [-0.4, -0.2) is 105 Å². The van der Waals surface area contributed by atoms with Crippen LogP contribution >= 0.6 is 0 Å². The van der Waals surface area contributed by atoms with Gasteiger partial charge in [-0.05, 0) is 31.9 Å². The van der Waals surface area contributed by atoms with E-state index in [1.165, 1.54) is 6.20 Å². The SMILES string of the molecule is Cc1cnc(C(=O)N(CCC(=O)N2CCC(n3c(=O)[nH]c4ccccc43)CC2)CCN2CCOCC2)cn1. The molecule has 38 heavy (non-hydrogen) atoms. The Morgan fingerprint density at radius 1 is 1.05 bits per heavy atom. The fourth-order valence-electron chi connectivity index (χ4n) is 5.27. The molecule has 1 aromatic carbocycles. The van der Waals surface area contributed by atoms with Gasteiger partial charge in [-0.2, -0.15) is 0 Å². The Morgan fingerprint density at radius 3 is 2.55 bits per heavy atom. The van der Waals surface area contributed by atoms with Crippen LogP contribution in [0.1, 0.15) is 41.5 Å². The molecule has 0 unspecified atom stereocenters. The number of likely N-dealkylation sites (tertiary alicyclic amines) is 1. The summed E-state index contributed by atoms with van der Waals surface area (Å²) in [6, 6.07) is 7.74. The first-order valence-electron chi connectivity index (χ1n) is 13.3. The molecular formula is C27H35N7O4. The van der Waals surface area contributed by atoms with E-state index in [1.807, 2.05) is 40.7 Å². The lowest BCUT2D eigenvalue weighted by molar-refractivity contribution is -0.132. The third-order valence-corrected chi connectivity index (χ3v) is 7.48. The first kappa shape index (κ1) is 26.1. The second-order valence-electron chi connectivity index (χ2n) is 9.97. The summed E-state index contributed by atoms with van der Waals surface area (Å²) in [5.74, 6) is -0.190. The molecular weight excluding hydrogens is 486 g/mol. The third kappa shape index (κ3) is 5.94. The minimum Gasteiger partial charge on any atom is -0.379 e. The number of nitrogens with zero attached hydrogens (tertiary/aromatic N) is 6. The number of H-pyrrole nitrogens is 1. The van der Waals surface area contributed by atoms with Crippen molar-refractivity contribution in [2.24, 2.45) is 0 Å². The van der Waals surface area contributed by atoms with Gasteiger partial charge < -0.3 is 19.5 Å². The summed E-state index contributed by atoms with van der Waals surface area (Å²) in [4.78, 5) is 56.2. The normalized spacial score (nSPS) is 17.1. The molecule has 2 aromatic heterocycles. The zero-order valence-corrected chi connectivity index (χ0v) is 21.8. The van der Waals surface area contributed by atoms with E-state index in [0.717, 1.165) is 29.8 Å². The lowest BCUT2D eigenvalue weighted by atomic mass is 10.0. The lowest BCUT2D eigenvalue weighted by Crippen LogP contribution is -2.45.